The third-order valence-corrected chi connectivity index (χ3v) is 7.34. The number of aromatic hydroxyl groups is 2. The van der Waals surface area contributed by atoms with E-state index in [4.69, 9.17) is 0 Å². The number of rotatable bonds is 1. The molecule has 132 valence electrons. The zero-order valence-electron chi connectivity index (χ0n) is 13.3. The Morgan fingerprint density at radius 1 is 1.24 bits per heavy atom. The zero-order chi connectivity index (χ0) is 17.9. The highest BCUT2D eigenvalue weighted by atomic mass is 79.9. The van der Waals surface area contributed by atoms with Crippen LogP contribution in [0.5, 0.6) is 11.5 Å². The van der Waals surface area contributed by atoms with Gasteiger partial charge in [0.05, 0.1) is 10.0 Å². The van der Waals surface area contributed by atoms with E-state index >= 15 is 0 Å². The highest BCUT2D eigenvalue weighted by Gasteiger charge is 2.34. The lowest BCUT2D eigenvalue weighted by atomic mass is 9.88. The van der Waals surface area contributed by atoms with E-state index < -0.39 is 6.17 Å². The number of hydrogen-bond donors (Lipinski definition) is 4. The van der Waals surface area contributed by atoms with E-state index in [0.29, 0.717) is 16.0 Å². The average molecular weight is 488 g/mol. The number of amides is 1. The van der Waals surface area contributed by atoms with Gasteiger partial charge >= 0.3 is 0 Å². The van der Waals surface area contributed by atoms with Gasteiger partial charge in [-0.15, -0.1) is 11.3 Å². The van der Waals surface area contributed by atoms with Crippen molar-refractivity contribution in [1.82, 2.24) is 5.32 Å². The van der Waals surface area contributed by atoms with Gasteiger partial charge in [-0.05, 0) is 68.7 Å². The summed E-state index contributed by atoms with van der Waals surface area (Å²) in [6, 6.07) is 1.61. The Kier molecular flexibility index (Phi) is 4.24. The minimum Gasteiger partial charge on any atom is -0.506 e. The highest BCUT2D eigenvalue weighted by molar-refractivity contribution is 9.11. The second-order valence-electron chi connectivity index (χ2n) is 6.57. The Labute approximate surface area is 165 Å². The Bertz CT molecular complexity index is 897. The molecular weight excluding hydrogens is 472 g/mol. The van der Waals surface area contributed by atoms with E-state index in [1.807, 2.05) is 0 Å². The molecule has 0 radical (unpaired) electrons. The van der Waals surface area contributed by atoms with Gasteiger partial charge in [0.25, 0.3) is 5.91 Å². The van der Waals surface area contributed by atoms with Crippen molar-refractivity contribution in [2.24, 2.45) is 5.92 Å². The first-order valence-electron chi connectivity index (χ1n) is 7.98. The lowest BCUT2D eigenvalue weighted by Crippen LogP contribution is -2.38. The molecule has 1 aliphatic carbocycles. The predicted octanol–water partition coefficient (Wildman–Crippen LogP) is 4.66. The molecule has 0 fully saturated rings. The maximum absolute atomic E-state index is 12.7. The summed E-state index contributed by atoms with van der Waals surface area (Å²) < 4.78 is 0.631. The number of thiophene rings is 1. The molecule has 0 bridgehead atoms. The van der Waals surface area contributed by atoms with Gasteiger partial charge < -0.3 is 20.8 Å². The molecular formula is C17H16Br2N2O3S. The molecule has 2 atom stereocenters. The van der Waals surface area contributed by atoms with E-state index in [2.05, 4.69) is 49.4 Å². The summed E-state index contributed by atoms with van der Waals surface area (Å²) in [5.41, 5.74) is 2.40. The quantitative estimate of drug-likeness (QED) is 0.471. The predicted molar refractivity (Wildman–Crippen MR) is 105 cm³/mol. The fourth-order valence-corrected chi connectivity index (χ4v) is 6.05. The fraction of sp³-hybridized carbons (Fsp3) is 0.353. The Balaban J connectivity index is 1.75. The van der Waals surface area contributed by atoms with Crippen molar-refractivity contribution in [1.29, 1.82) is 0 Å². The van der Waals surface area contributed by atoms with Crippen LogP contribution in [0, 0.1) is 5.92 Å². The minimum atomic E-state index is -0.564. The maximum Gasteiger partial charge on any atom is 0.256 e. The summed E-state index contributed by atoms with van der Waals surface area (Å²) in [7, 11) is 0. The van der Waals surface area contributed by atoms with Crippen molar-refractivity contribution >= 4 is 54.1 Å². The first kappa shape index (κ1) is 17.2. The number of phenolic OH excluding ortho intramolecular Hbond substituents is 2. The monoisotopic (exact) mass is 486 g/mol. The first-order valence-corrected chi connectivity index (χ1v) is 10.4. The first-order chi connectivity index (χ1) is 11.9. The number of nitrogens with one attached hydrogen (secondary N) is 2. The molecule has 2 heterocycles. The van der Waals surface area contributed by atoms with Gasteiger partial charge in [0.15, 0.2) is 0 Å². The van der Waals surface area contributed by atoms with Crippen LogP contribution in [0.1, 0.15) is 45.9 Å². The second kappa shape index (κ2) is 6.17. The van der Waals surface area contributed by atoms with Crippen LogP contribution in [0.15, 0.2) is 15.0 Å². The molecule has 25 heavy (non-hydrogen) atoms. The number of carbonyl (C=O) groups excluding carboxylic acids is 1. The van der Waals surface area contributed by atoms with E-state index in [9.17, 15) is 15.0 Å². The van der Waals surface area contributed by atoms with Crippen molar-refractivity contribution in [3.63, 3.8) is 0 Å². The van der Waals surface area contributed by atoms with E-state index in [1.54, 1.807) is 17.4 Å². The van der Waals surface area contributed by atoms with Gasteiger partial charge in [0.2, 0.25) is 0 Å². The highest BCUT2D eigenvalue weighted by Crippen LogP contribution is 2.46. The number of benzene rings is 1. The van der Waals surface area contributed by atoms with Crippen molar-refractivity contribution in [2.45, 2.75) is 32.4 Å². The molecule has 0 spiro atoms. The van der Waals surface area contributed by atoms with Crippen molar-refractivity contribution < 1.29 is 15.0 Å². The summed E-state index contributed by atoms with van der Waals surface area (Å²) in [4.78, 5) is 14.0. The van der Waals surface area contributed by atoms with Gasteiger partial charge in [-0.25, -0.2) is 0 Å². The summed E-state index contributed by atoms with van der Waals surface area (Å²) in [6.45, 7) is 2.24. The number of halogens is 2. The van der Waals surface area contributed by atoms with Gasteiger partial charge in [0, 0.05) is 10.4 Å². The summed E-state index contributed by atoms with van der Waals surface area (Å²) in [5, 5.41) is 27.4. The number of carbonyl (C=O) groups is 1. The lowest BCUT2D eigenvalue weighted by molar-refractivity contribution is 0.0935. The number of hydrogen-bond acceptors (Lipinski definition) is 5. The maximum atomic E-state index is 12.7. The normalized spacial score (nSPS) is 22.0. The van der Waals surface area contributed by atoms with Gasteiger partial charge in [-0.1, -0.05) is 6.92 Å². The number of fused-ring (bicyclic) bond motifs is 3. The van der Waals surface area contributed by atoms with Crippen LogP contribution in [0.3, 0.4) is 0 Å². The molecule has 0 unspecified atom stereocenters. The molecule has 4 N–H and O–H groups in total. The summed E-state index contributed by atoms with van der Waals surface area (Å²) in [6.07, 6.45) is 2.48. The topological polar surface area (TPSA) is 81.6 Å². The molecule has 1 aromatic heterocycles. The van der Waals surface area contributed by atoms with Crippen LogP contribution in [-0.4, -0.2) is 16.1 Å². The van der Waals surface area contributed by atoms with E-state index in [0.717, 1.165) is 29.8 Å². The summed E-state index contributed by atoms with van der Waals surface area (Å²) in [5.74, 6) is 0.339. The number of anilines is 1. The van der Waals surface area contributed by atoms with Crippen LogP contribution < -0.4 is 10.6 Å². The second-order valence-corrected chi connectivity index (χ2v) is 9.32. The van der Waals surface area contributed by atoms with Gasteiger partial charge in [-0.2, -0.15) is 0 Å². The van der Waals surface area contributed by atoms with Crippen LogP contribution in [0.4, 0.5) is 5.00 Å². The number of phenols is 2. The molecule has 0 saturated carbocycles. The lowest BCUT2D eigenvalue weighted by Gasteiger charge is -2.28. The minimum absolute atomic E-state index is 0.0790. The van der Waals surface area contributed by atoms with Crippen LogP contribution >= 0.6 is 43.2 Å². The molecule has 5 nitrogen and oxygen atoms in total. The van der Waals surface area contributed by atoms with Crippen LogP contribution in [-0.2, 0) is 12.8 Å². The standard InChI is InChI=1S/C17H16Br2N2O3S/c1-6-2-3-7-10(4-6)25-17-11(7)16(24)20-15(21-17)8-5-9(18)14(23)12(19)13(8)22/h5-6,15,21-23H,2-4H2,1H3,(H,20,24)/t6-,15+/m0/s1. The molecule has 4 rings (SSSR count). The van der Waals surface area contributed by atoms with Crippen molar-refractivity contribution in [2.75, 3.05) is 5.32 Å². The molecule has 1 amide bonds. The zero-order valence-corrected chi connectivity index (χ0v) is 17.3. The molecule has 1 aliphatic heterocycles. The van der Waals surface area contributed by atoms with Crippen LogP contribution in [0.25, 0.3) is 0 Å². The van der Waals surface area contributed by atoms with Crippen molar-refractivity contribution in [3.05, 3.63) is 36.6 Å². The molecule has 2 aliphatic rings. The Hall–Kier alpha value is -1.25. The summed E-state index contributed by atoms with van der Waals surface area (Å²) >= 11 is 8.08. The largest absolute Gasteiger partial charge is 0.506 e. The molecule has 0 saturated heterocycles. The van der Waals surface area contributed by atoms with E-state index in [1.165, 1.54) is 10.4 Å². The smallest absolute Gasteiger partial charge is 0.256 e. The van der Waals surface area contributed by atoms with Gasteiger partial charge in [0.1, 0.15) is 27.1 Å². The van der Waals surface area contributed by atoms with Gasteiger partial charge in [-0.3, -0.25) is 4.79 Å². The third-order valence-electron chi connectivity index (χ3n) is 4.80. The van der Waals surface area contributed by atoms with Crippen molar-refractivity contribution in [3.8, 4) is 11.5 Å². The third kappa shape index (κ3) is 2.74. The molecule has 1 aromatic carbocycles. The SMILES string of the molecule is C[C@H]1CCc2c(sc3c2C(=O)N[C@@H](c2cc(Br)c(O)c(Br)c2O)N3)C1. The molecule has 2 aromatic rings. The molecule has 8 heteroatoms. The van der Waals surface area contributed by atoms with E-state index in [-0.39, 0.29) is 21.9 Å². The Morgan fingerprint density at radius 3 is 2.76 bits per heavy atom. The fourth-order valence-electron chi connectivity index (χ4n) is 3.46. The average Bonchev–Trinajstić information content (AvgIpc) is 2.93. The van der Waals surface area contributed by atoms with Crippen LogP contribution in [0.2, 0.25) is 0 Å². The Morgan fingerprint density at radius 2 is 2.00 bits per heavy atom.